The second-order valence-corrected chi connectivity index (χ2v) is 6.69. The van der Waals surface area contributed by atoms with Crippen LogP contribution in [0.1, 0.15) is 49.1 Å². The van der Waals surface area contributed by atoms with Crippen molar-refractivity contribution in [3.63, 3.8) is 0 Å². The summed E-state index contributed by atoms with van der Waals surface area (Å²) in [6, 6.07) is 5.21. The average molecular weight is 271 g/mol. The molecule has 1 aliphatic rings. The molecule has 0 unspecified atom stereocenters. The Bertz CT molecular complexity index is 620. The maximum Gasteiger partial charge on any atom is 0.134 e. The van der Waals surface area contributed by atoms with E-state index in [1.54, 1.807) is 0 Å². The van der Waals surface area contributed by atoms with Gasteiger partial charge in [-0.15, -0.1) is 0 Å². The minimum Gasteiger partial charge on any atom is -0.459 e. The molecule has 0 saturated heterocycles. The van der Waals surface area contributed by atoms with Gasteiger partial charge in [-0.1, -0.05) is 13.8 Å². The van der Waals surface area contributed by atoms with Gasteiger partial charge in [-0.25, -0.2) is 0 Å². The Morgan fingerprint density at radius 3 is 2.55 bits per heavy atom. The van der Waals surface area contributed by atoms with E-state index in [-0.39, 0.29) is 0 Å². The average Bonchev–Trinajstić information content (AvgIpc) is 3.15. The topological polar surface area (TPSA) is 25.2 Å². The molecule has 1 aromatic carbocycles. The monoisotopic (exact) mass is 271 g/mol. The number of fused-ring (bicyclic) bond motifs is 1. The third-order valence-corrected chi connectivity index (χ3v) is 4.23. The fraction of sp³-hybridized carbons (Fsp3) is 0.556. The zero-order valence-corrected chi connectivity index (χ0v) is 13.0. The number of hydrogen-bond acceptors (Lipinski definition) is 2. The highest BCUT2D eigenvalue weighted by molar-refractivity contribution is 5.84. The van der Waals surface area contributed by atoms with Crippen LogP contribution >= 0.6 is 0 Å². The van der Waals surface area contributed by atoms with Gasteiger partial charge in [-0.05, 0) is 62.3 Å². The number of furan rings is 1. The summed E-state index contributed by atoms with van der Waals surface area (Å²) < 4.78 is 6.15. The second-order valence-electron chi connectivity index (χ2n) is 6.69. The zero-order chi connectivity index (χ0) is 14.3. The first kappa shape index (κ1) is 13.7. The minimum atomic E-state index is 0.650. The van der Waals surface area contributed by atoms with Crippen molar-refractivity contribution < 1.29 is 4.42 Å². The lowest BCUT2D eigenvalue weighted by Gasteiger charge is -2.07. The quantitative estimate of drug-likeness (QED) is 0.866. The summed E-state index contributed by atoms with van der Waals surface area (Å²) in [5, 5.41) is 4.90. The molecule has 20 heavy (non-hydrogen) atoms. The van der Waals surface area contributed by atoms with E-state index in [0.717, 1.165) is 30.4 Å². The molecule has 2 nitrogen and oxygen atoms in total. The van der Waals surface area contributed by atoms with E-state index in [0.29, 0.717) is 5.92 Å². The first-order valence-corrected chi connectivity index (χ1v) is 7.79. The molecule has 0 aliphatic heterocycles. The first-order chi connectivity index (χ1) is 9.54. The van der Waals surface area contributed by atoms with Crippen LogP contribution in [0, 0.1) is 19.8 Å². The molecule has 0 bridgehead atoms. The summed E-state index contributed by atoms with van der Waals surface area (Å²) in [5.41, 5.74) is 5.12. The van der Waals surface area contributed by atoms with Crippen molar-refractivity contribution in [2.75, 3.05) is 0 Å². The van der Waals surface area contributed by atoms with Crippen LogP contribution in [0.4, 0.5) is 0 Å². The van der Waals surface area contributed by atoms with Gasteiger partial charge in [0.1, 0.15) is 11.3 Å². The van der Waals surface area contributed by atoms with Gasteiger partial charge in [-0.2, -0.15) is 0 Å². The van der Waals surface area contributed by atoms with Gasteiger partial charge in [0.15, 0.2) is 0 Å². The lowest BCUT2D eigenvalue weighted by atomic mass is 9.97. The summed E-state index contributed by atoms with van der Waals surface area (Å²) in [5.74, 6) is 1.79. The highest BCUT2D eigenvalue weighted by Crippen LogP contribution is 2.31. The van der Waals surface area contributed by atoms with Crippen molar-refractivity contribution in [1.82, 2.24) is 5.32 Å². The van der Waals surface area contributed by atoms with E-state index in [1.807, 2.05) is 0 Å². The van der Waals surface area contributed by atoms with Crippen molar-refractivity contribution >= 4 is 11.0 Å². The van der Waals surface area contributed by atoms with Crippen molar-refractivity contribution in [2.24, 2.45) is 5.92 Å². The van der Waals surface area contributed by atoms with Crippen molar-refractivity contribution in [3.8, 4) is 0 Å². The van der Waals surface area contributed by atoms with E-state index >= 15 is 0 Å². The first-order valence-electron chi connectivity index (χ1n) is 7.79. The van der Waals surface area contributed by atoms with E-state index in [2.05, 4.69) is 45.1 Å². The Kier molecular flexibility index (Phi) is 3.59. The SMILES string of the molecule is Cc1cc2oc(CNC3CC3)c(CC(C)C)c2cc1C. The van der Waals surface area contributed by atoms with Gasteiger partial charge in [-0.3, -0.25) is 0 Å². The molecule has 0 radical (unpaired) electrons. The smallest absolute Gasteiger partial charge is 0.134 e. The number of hydrogen-bond donors (Lipinski definition) is 1. The van der Waals surface area contributed by atoms with Crippen LogP contribution in [0.5, 0.6) is 0 Å². The van der Waals surface area contributed by atoms with E-state index in [4.69, 9.17) is 4.42 Å². The third-order valence-electron chi connectivity index (χ3n) is 4.23. The van der Waals surface area contributed by atoms with Gasteiger partial charge in [0.25, 0.3) is 0 Å². The molecular formula is C18H25NO. The van der Waals surface area contributed by atoms with Gasteiger partial charge in [0, 0.05) is 17.0 Å². The summed E-state index contributed by atoms with van der Waals surface area (Å²) in [6.45, 7) is 9.76. The van der Waals surface area contributed by atoms with Crippen molar-refractivity contribution in [1.29, 1.82) is 0 Å². The highest BCUT2D eigenvalue weighted by atomic mass is 16.3. The van der Waals surface area contributed by atoms with Crippen LogP contribution in [0.3, 0.4) is 0 Å². The maximum absolute atomic E-state index is 6.15. The molecule has 1 N–H and O–H groups in total. The number of benzene rings is 1. The molecule has 1 saturated carbocycles. The molecule has 2 aromatic rings. The molecule has 0 spiro atoms. The molecule has 3 rings (SSSR count). The summed E-state index contributed by atoms with van der Waals surface area (Å²) in [7, 11) is 0. The predicted octanol–water partition coefficient (Wildman–Crippen LogP) is 4.50. The number of nitrogens with one attached hydrogen (secondary N) is 1. The lowest BCUT2D eigenvalue weighted by molar-refractivity contribution is 0.499. The largest absolute Gasteiger partial charge is 0.459 e. The lowest BCUT2D eigenvalue weighted by Crippen LogP contribution is -2.16. The Labute approximate surface area is 121 Å². The van der Waals surface area contributed by atoms with E-state index in [9.17, 15) is 0 Å². The molecule has 0 amide bonds. The Morgan fingerprint density at radius 1 is 1.20 bits per heavy atom. The van der Waals surface area contributed by atoms with Crippen LogP contribution in [-0.2, 0) is 13.0 Å². The third kappa shape index (κ3) is 2.76. The van der Waals surface area contributed by atoms with Crippen LogP contribution < -0.4 is 5.32 Å². The molecule has 1 aliphatic carbocycles. The standard InChI is InChI=1S/C18H25NO/c1-11(2)7-15-16-8-12(3)13(4)9-17(16)20-18(15)10-19-14-5-6-14/h8-9,11,14,19H,5-7,10H2,1-4H3. The van der Waals surface area contributed by atoms with Crippen molar-refractivity contribution in [2.45, 2.75) is 59.5 Å². The molecule has 1 fully saturated rings. The van der Waals surface area contributed by atoms with E-state index < -0.39 is 0 Å². The Balaban J connectivity index is 2.01. The summed E-state index contributed by atoms with van der Waals surface area (Å²) in [6.07, 6.45) is 3.73. The zero-order valence-electron chi connectivity index (χ0n) is 13.0. The van der Waals surface area contributed by atoms with Gasteiger partial charge >= 0.3 is 0 Å². The Morgan fingerprint density at radius 2 is 1.90 bits per heavy atom. The Hall–Kier alpha value is -1.28. The van der Waals surface area contributed by atoms with Crippen LogP contribution in [0.25, 0.3) is 11.0 Å². The van der Waals surface area contributed by atoms with Crippen LogP contribution in [0.15, 0.2) is 16.5 Å². The normalized spacial score (nSPS) is 15.4. The predicted molar refractivity (Wildman–Crippen MR) is 84.1 cm³/mol. The molecule has 0 atom stereocenters. The van der Waals surface area contributed by atoms with Gasteiger partial charge < -0.3 is 9.73 Å². The fourth-order valence-electron chi connectivity index (χ4n) is 2.75. The fourth-order valence-corrected chi connectivity index (χ4v) is 2.75. The number of aryl methyl sites for hydroxylation is 2. The maximum atomic E-state index is 6.15. The van der Waals surface area contributed by atoms with Crippen molar-refractivity contribution in [3.05, 3.63) is 34.6 Å². The summed E-state index contributed by atoms with van der Waals surface area (Å²) in [4.78, 5) is 0. The van der Waals surface area contributed by atoms with Crippen LogP contribution in [-0.4, -0.2) is 6.04 Å². The van der Waals surface area contributed by atoms with Gasteiger partial charge in [0.05, 0.1) is 6.54 Å². The van der Waals surface area contributed by atoms with Gasteiger partial charge in [0.2, 0.25) is 0 Å². The highest BCUT2D eigenvalue weighted by Gasteiger charge is 2.22. The molecule has 1 aromatic heterocycles. The molecule has 2 heteroatoms. The number of rotatable bonds is 5. The molecule has 1 heterocycles. The summed E-state index contributed by atoms with van der Waals surface area (Å²) >= 11 is 0. The molecule has 108 valence electrons. The van der Waals surface area contributed by atoms with E-state index in [1.165, 1.54) is 34.9 Å². The van der Waals surface area contributed by atoms with Crippen LogP contribution in [0.2, 0.25) is 0 Å². The molecular weight excluding hydrogens is 246 g/mol. The minimum absolute atomic E-state index is 0.650. The second kappa shape index (κ2) is 5.25.